The standard InChI is InChI=1S/C23H21ClN4O2S/c24-19-12-16(11-10-15(19)13-25)26-21(29)14-31-23-27-20-9-5-4-8-18(20)22(30)28(23)17-6-2-1-3-7-17/h4-5,8-12,17H,1-3,6-7,14H2,(H,26,29). The van der Waals surface area contributed by atoms with Crippen molar-refractivity contribution < 1.29 is 4.79 Å². The van der Waals surface area contributed by atoms with Gasteiger partial charge in [0.15, 0.2) is 5.16 Å². The van der Waals surface area contributed by atoms with Crippen molar-refractivity contribution in [2.24, 2.45) is 0 Å². The third-order valence-corrected chi connectivity index (χ3v) is 6.69. The molecule has 6 nitrogen and oxygen atoms in total. The molecule has 1 fully saturated rings. The highest BCUT2D eigenvalue weighted by atomic mass is 35.5. The molecule has 0 bridgehead atoms. The summed E-state index contributed by atoms with van der Waals surface area (Å²) in [6.07, 6.45) is 5.26. The lowest BCUT2D eigenvalue weighted by molar-refractivity contribution is -0.113. The highest BCUT2D eigenvalue weighted by molar-refractivity contribution is 7.99. The van der Waals surface area contributed by atoms with Crippen molar-refractivity contribution >= 4 is 45.9 Å². The monoisotopic (exact) mass is 452 g/mol. The summed E-state index contributed by atoms with van der Waals surface area (Å²) < 4.78 is 1.79. The fraction of sp³-hybridized carbons (Fsp3) is 0.304. The first-order valence-electron chi connectivity index (χ1n) is 10.2. The van der Waals surface area contributed by atoms with Crippen molar-refractivity contribution in [1.29, 1.82) is 5.26 Å². The van der Waals surface area contributed by atoms with E-state index in [0.717, 1.165) is 25.7 Å². The minimum absolute atomic E-state index is 0.0423. The van der Waals surface area contributed by atoms with Crippen LogP contribution in [-0.2, 0) is 4.79 Å². The van der Waals surface area contributed by atoms with Crippen molar-refractivity contribution in [2.75, 3.05) is 11.1 Å². The Morgan fingerprint density at radius 2 is 2.00 bits per heavy atom. The van der Waals surface area contributed by atoms with Crippen molar-refractivity contribution in [2.45, 2.75) is 43.3 Å². The van der Waals surface area contributed by atoms with Gasteiger partial charge in [-0.3, -0.25) is 14.2 Å². The highest BCUT2D eigenvalue weighted by Gasteiger charge is 2.22. The first-order valence-corrected chi connectivity index (χ1v) is 11.6. The van der Waals surface area contributed by atoms with E-state index in [1.54, 1.807) is 28.8 Å². The van der Waals surface area contributed by atoms with Crippen LogP contribution in [0, 0.1) is 11.3 Å². The molecule has 1 aliphatic carbocycles. The summed E-state index contributed by atoms with van der Waals surface area (Å²) in [4.78, 5) is 30.5. The Morgan fingerprint density at radius 3 is 2.74 bits per heavy atom. The number of hydrogen-bond acceptors (Lipinski definition) is 5. The molecule has 0 atom stereocenters. The lowest BCUT2D eigenvalue weighted by Gasteiger charge is -2.26. The van der Waals surface area contributed by atoms with Crippen molar-refractivity contribution in [3.05, 3.63) is 63.4 Å². The van der Waals surface area contributed by atoms with E-state index < -0.39 is 0 Å². The zero-order chi connectivity index (χ0) is 21.8. The predicted octanol–water partition coefficient (Wildman–Crippen LogP) is 5.16. The average Bonchev–Trinajstić information content (AvgIpc) is 2.78. The largest absolute Gasteiger partial charge is 0.325 e. The molecule has 1 amide bonds. The molecule has 0 saturated heterocycles. The number of carbonyl (C=O) groups is 1. The van der Waals surface area contributed by atoms with Crippen LogP contribution >= 0.6 is 23.4 Å². The van der Waals surface area contributed by atoms with Gasteiger partial charge in [0.05, 0.1) is 27.2 Å². The molecule has 1 aromatic heterocycles. The second kappa shape index (κ2) is 9.54. The Bertz CT molecular complexity index is 1230. The average molecular weight is 453 g/mol. The van der Waals surface area contributed by atoms with Crippen LogP contribution in [0.25, 0.3) is 10.9 Å². The molecule has 0 radical (unpaired) electrons. The Balaban J connectivity index is 1.57. The van der Waals surface area contributed by atoms with Crippen LogP contribution in [0.5, 0.6) is 0 Å². The highest BCUT2D eigenvalue weighted by Crippen LogP contribution is 2.31. The molecule has 0 spiro atoms. The number of para-hydroxylation sites is 1. The topological polar surface area (TPSA) is 87.8 Å². The maximum absolute atomic E-state index is 13.3. The minimum Gasteiger partial charge on any atom is -0.325 e. The molecule has 31 heavy (non-hydrogen) atoms. The van der Waals surface area contributed by atoms with E-state index in [2.05, 4.69) is 5.32 Å². The summed E-state index contributed by atoms with van der Waals surface area (Å²) in [5.74, 6) is -0.127. The zero-order valence-corrected chi connectivity index (χ0v) is 18.4. The third kappa shape index (κ3) is 4.76. The quantitative estimate of drug-likeness (QED) is 0.426. The number of hydrogen-bond donors (Lipinski definition) is 1. The van der Waals surface area contributed by atoms with Gasteiger partial charge in [-0.2, -0.15) is 5.26 Å². The maximum Gasteiger partial charge on any atom is 0.262 e. The SMILES string of the molecule is N#Cc1ccc(NC(=O)CSc2nc3ccccc3c(=O)n2C2CCCCC2)cc1Cl. The summed E-state index contributed by atoms with van der Waals surface area (Å²) in [6.45, 7) is 0. The number of thioether (sulfide) groups is 1. The molecule has 1 N–H and O–H groups in total. The molecule has 2 aromatic carbocycles. The predicted molar refractivity (Wildman–Crippen MR) is 124 cm³/mol. The number of aromatic nitrogens is 2. The third-order valence-electron chi connectivity index (χ3n) is 5.42. The van der Waals surface area contributed by atoms with Crippen LogP contribution in [0.1, 0.15) is 43.7 Å². The Kier molecular flexibility index (Phi) is 6.59. The van der Waals surface area contributed by atoms with Gasteiger partial charge in [-0.25, -0.2) is 4.98 Å². The van der Waals surface area contributed by atoms with Crippen LogP contribution in [0.15, 0.2) is 52.4 Å². The maximum atomic E-state index is 13.3. The summed E-state index contributed by atoms with van der Waals surface area (Å²) >= 11 is 7.30. The van der Waals surface area contributed by atoms with E-state index in [-0.39, 0.29) is 28.3 Å². The summed E-state index contributed by atoms with van der Waals surface area (Å²) in [5.41, 5.74) is 1.47. The van der Waals surface area contributed by atoms with E-state index in [1.165, 1.54) is 18.2 Å². The Hall–Kier alpha value is -2.82. The van der Waals surface area contributed by atoms with Crippen LogP contribution in [0.2, 0.25) is 5.02 Å². The van der Waals surface area contributed by atoms with Crippen molar-refractivity contribution in [3.63, 3.8) is 0 Å². The Morgan fingerprint density at radius 1 is 1.23 bits per heavy atom. The molecular weight excluding hydrogens is 432 g/mol. The molecular formula is C23H21ClN4O2S. The molecule has 158 valence electrons. The van der Waals surface area contributed by atoms with Gasteiger partial charge in [0.25, 0.3) is 5.56 Å². The molecule has 1 aliphatic rings. The number of halogens is 1. The van der Waals surface area contributed by atoms with E-state index in [0.29, 0.717) is 27.3 Å². The number of benzene rings is 2. The van der Waals surface area contributed by atoms with Crippen molar-refractivity contribution in [1.82, 2.24) is 9.55 Å². The van der Waals surface area contributed by atoms with E-state index in [9.17, 15) is 9.59 Å². The second-order valence-corrected chi connectivity index (χ2v) is 8.87. The second-order valence-electron chi connectivity index (χ2n) is 7.52. The fourth-order valence-electron chi connectivity index (χ4n) is 3.90. The van der Waals surface area contributed by atoms with Crippen LogP contribution in [0.3, 0.4) is 0 Å². The molecule has 1 heterocycles. The first kappa shape index (κ1) is 21.4. The van der Waals surface area contributed by atoms with E-state index in [4.69, 9.17) is 21.8 Å². The number of nitrogens with one attached hydrogen (secondary N) is 1. The minimum atomic E-state index is -0.233. The lowest BCUT2D eigenvalue weighted by atomic mass is 9.95. The molecule has 4 rings (SSSR count). The van der Waals surface area contributed by atoms with Gasteiger partial charge >= 0.3 is 0 Å². The number of nitrogens with zero attached hydrogens (tertiary/aromatic N) is 3. The Labute approximate surface area is 189 Å². The number of carbonyl (C=O) groups excluding carboxylic acids is 1. The van der Waals surface area contributed by atoms with Gasteiger partial charge in [-0.05, 0) is 43.2 Å². The van der Waals surface area contributed by atoms with E-state index in [1.807, 2.05) is 24.3 Å². The summed E-state index contributed by atoms with van der Waals surface area (Å²) in [7, 11) is 0. The van der Waals surface area contributed by atoms with Crippen molar-refractivity contribution in [3.8, 4) is 6.07 Å². The van der Waals surface area contributed by atoms with Gasteiger partial charge in [0.2, 0.25) is 5.91 Å². The lowest BCUT2D eigenvalue weighted by Crippen LogP contribution is -2.29. The fourth-order valence-corrected chi connectivity index (χ4v) is 4.99. The van der Waals surface area contributed by atoms with Gasteiger partial charge in [0.1, 0.15) is 6.07 Å². The smallest absolute Gasteiger partial charge is 0.262 e. The zero-order valence-electron chi connectivity index (χ0n) is 16.8. The van der Waals surface area contributed by atoms with Crippen LogP contribution < -0.4 is 10.9 Å². The number of rotatable bonds is 5. The molecule has 0 unspecified atom stereocenters. The number of fused-ring (bicyclic) bond motifs is 1. The van der Waals surface area contributed by atoms with E-state index >= 15 is 0 Å². The van der Waals surface area contributed by atoms with Gasteiger partial charge in [0, 0.05) is 11.7 Å². The van der Waals surface area contributed by atoms with Gasteiger partial charge in [-0.15, -0.1) is 0 Å². The number of nitriles is 1. The van der Waals surface area contributed by atoms with Gasteiger partial charge in [-0.1, -0.05) is 54.8 Å². The number of amides is 1. The summed E-state index contributed by atoms with van der Waals surface area (Å²) in [5, 5.41) is 13.2. The normalized spacial score (nSPS) is 14.3. The number of anilines is 1. The molecule has 3 aromatic rings. The molecule has 0 aliphatic heterocycles. The van der Waals surface area contributed by atoms with Crippen LogP contribution in [0.4, 0.5) is 5.69 Å². The van der Waals surface area contributed by atoms with Gasteiger partial charge < -0.3 is 5.32 Å². The molecule has 8 heteroatoms. The summed E-state index contributed by atoms with van der Waals surface area (Å²) in [6, 6.07) is 14.2. The first-order chi connectivity index (χ1) is 15.1. The molecule has 1 saturated carbocycles. The van der Waals surface area contributed by atoms with Crippen LogP contribution in [-0.4, -0.2) is 21.2 Å².